The summed E-state index contributed by atoms with van der Waals surface area (Å²) < 4.78 is 0. The van der Waals surface area contributed by atoms with Crippen molar-refractivity contribution in [3.8, 4) is 0 Å². The fourth-order valence-corrected chi connectivity index (χ4v) is 4.71. The van der Waals surface area contributed by atoms with E-state index in [-0.39, 0.29) is 28.0 Å². The maximum Gasteiger partial charge on any atom is 0.336 e. The van der Waals surface area contributed by atoms with Gasteiger partial charge in [-0.25, -0.2) is 4.79 Å². The highest BCUT2D eigenvalue weighted by Crippen LogP contribution is 2.47. The zero-order valence-corrected chi connectivity index (χ0v) is 20.5. The van der Waals surface area contributed by atoms with E-state index in [9.17, 15) is 29.7 Å². The molecule has 0 spiro atoms. The predicted molar refractivity (Wildman–Crippen MR) is 137 cm³/mol. The van der Waals surface area contributed by atoms with Gasteiger partial charge >= 0.3 is 5.97 Å². The average Bonchev–Trinajstić information content (AvgIpc) is 2.93. The third kappa shape index (κ3) is 4.70. The van der Waals surface area contributed by atoms with Crippen LogP contribution in [0.3, 0.4) is 0 Å². The summed E-state index contributed by atoms with van der Waals surface area (Å²) in [5.74, 6) is -3.51. The second-order valence-corrected chi connectivity index (χ2v) is 8.87. The second-order valence-electron chi connectivity index (χ2n) is 8.09. The molecule has 3 aromatic carbocycles. The molecule has 2 atom stereocenters. The van der Waals surface area contributed by atoms with Gasteiger partial charge in [0.2, 0.25) is 0 Å². The van der Waals surface area contributed by atoms with Crippen LogP contribution < -0.4 is 10.6 Å². The topological polar surface area (TPSA) is 136 Å². The molecule has 0 aromatic heterocycles. The molecule has 1 aliphatic rings. The van der Waals surface area contributed by atoms with E-state index in [1.54, 1.807) is 36.4 Å². The highest BCUT2D eigenvalue weighted by molar-refractivity contribution is 6.35. The van der Waals surface area contributed by atoms with Crippen LogP contribution in [0.5, 0.6) is 0 Å². The molecule has 5 N–H and O–H groups in total. The van der Waals surface area contributed by atoms with E-state index in [0.29, 0.717) is 0 Å². The van der Waals surface area contributed by atoms with E-state index in [1.165, 1.54) is 48.5 Å². The molecule has 10 heteroatoms. The fraction of sp³-hybridized carbons (Fsp3) is 0.0741. The van der Waals surface area contributed by atoms with Gasteiger partial charge in [-0.15, -0.1) is 0 Å². The van der Waals surface area contributed by atoms with Gasteiger partial charge in [-0.3, -0.25) is 9.59 Å². The number of aliphatic hydroxyl groups excluding tert-OH is 2. The minimum absolute atomic E-state index is 0.137. The Morgan fingerprint density at radius 3 is 1.86 bits per heavy atom. The van der Waals surface area contributed by atoms with Crippen LogP contribution >= 0.6 is 23.2 Å². The molecule has 4 rings (SSSR count). The van der Waals surface area contributed by atoms with Crippen molar-refractivity contribution < 1.29 is 29.7 Å². The van der Waals surface area contributed by atoms with Crippen LogP contribution in [0.2, 0.25) is 0 Å². The molecule has 8 nitrogen and oxygen atoms in total. The number of carboxylic acid groups (broad SMARTS) is 1. The molecule has 0 radical (unpaired) electrons. The number of rotatable bonds is 6. The van der Waals surface area contributed by atoms with Crippen molar-refractivity contribution in [3.05, 3.63) is 129 Å². The summed E-state index contributed by atoms with van der Waals surface area (Å²) in [7, 11) is 0. The van der Waals surface area contributed by atoms with E-state index in [0.717, 1.165) is 0 Å². The van der Waals surface area contributed by atoms with E-state index >= 15 is 0 Å². The number of halogens is 2. The molecule has 0 heterocycles. The Bertz CT molecular complexity index is 1440. The van der Waals surface area contributed by atoms with Crippen LogP contribution in [-0.4, -0.2) is 39.2 Å². The van der Waals surface area contributed by atoms with Gasteiger partial charge in [0.15, 0.2) is 5.76 Å². The minimum atomic E-state index is -2.22. The van der Waals surface area contributed by atoms with Gasteiger partial charge < -0.3 is 26.0 Å². The molecule has 2 unspecified atom stereocenters. The van der Waals surface area contributed by atoms with Crippen molar-refractivity contribution in [2.75, 3.05) is 0 Å². The molecule has 37 heavy (non-hydrogen) atoms. The SMILES string of the molecule is O=C(NC1=C(Cl)C(O)C(NC(=O)c2ccccc2)(c2ccccc2C(=O)O)C(Cl)=C1O)c1ccccc1. The second kappa shape index (κ2) is 10.5. The Labute approximate surface area is 221 Å². The summed E-state index contributed by atoms with van der Waals surface area (Å²) in [5.41, 5.74) is -2.63. The summed E-state index contributed by atoms with van der Waals surface area (Å²) >= 11 is 13.1. The summed E-state index contributed by atoms with van der Waals surface area (Å²) in [5, 5.41) is 36.5. The molecule has 0 saturated heterocycles. The van der Waals surface area contributed by atoms with Crippen molar-refractivity contribution in [2.24, 2.45) is 0 Å². The molecule has 0 saturated carbocycles. The lowest BCUT2D eigenvalue weighted by Crippen LogP contribution is -2.57. The highest BCUT2D eigenvalue weighted by Gasteiger charge is 2.53. The summed E-state index contributed by atoms with van der Waals surface area (Å²) in [4.78, 5) is 38.1. The Morgan fingerprint density at radius 1 is 0.784 bits per heavy atom. The Hall–Kier alpha value is -4.11. The van der Waals surface area contributed by atoms with Gasteiger partial charge in [-0.2, -0.15) is 0 Å². The maximum atomic E-state index is 13.3. The van der Waals surface area contributed by atoms with Crippen LogP contribution in [0, 0.1) is 0 Å². The van der Waals surface area contributed by atoms with Crippen molar-refractivity contribution in [1.29, 1.82) is 0 Å². The standard InChI is InChI=1S/C27H20Cl2N2O6/c28-19-20(30-24(34)15-9-3-1-4-10-15)21(32)22(29)27(23(19)33,18-14-8-7-13-17(18)26(36)37)31-25(35)16-11-5-2-6-12-16/h1-14,23,32-33H,(H,30,34)(H,31,35)(H,36,37). The average molecular weight is 539 g/mol. The third-order valence-corrected chi connectivity index (χ3v) is 6.76. The summed E-state index contributed by atoms with van der Waals surface area (Å²) in [6.07, 6.45) is -1.91. The summed E-state index contributed by atoms with van der Waals surface area (Å²) in [6.45, 7) is 0. The van der Waals surface area contributed by atoms with Gasteiger partial charge in [-0.1, -0.05) is 77.8 Å². The normalized spacial score (nSPS) is 19.4. The number of carboxylic acids is 1. The molecular formula is C27H20Cl2N2O6. The van der Waals surface area contributed by atoms with Gasteiger partial charge in [0.05, 0.1) is 15.6 Å². The first-order valence-electron chi connectivity index (χ1n) is 10.9. The van der Waals surface area contributed by atoms with Gasteiger partial charge in [0.1, 0.15) is 17.3 Å². The first kappa shape index (κ1) is 26.0. The lowest BCUT2D eigenvalue weighted by molar-refractivity contribution is 0.0667. The molecular weight excluding hydrogens is 519 g/mol. The van der Waals surface area contributed by atoms with Crippen LogP contribution in [0.15, 0.2) is 106 Å². The number of hydrogen-bond acceptors (Lipinski definition) is 5. The molecule has 2 amide bonds. The van der Waals surface area contributed by atoms with Crippen molar-refractivity contribution in [2.45, 2.75) is 11.6 Å². The molecule has 0 fully saturated rings. The zero-order valence-electron chi connectivity index (χ0n) is 19.0. The van der Waals surface area contributed by atoms with E-state index in [1.807, 2.05) is 0 Å². The van der Waals surface area contributed by atoms with Gasteiger partial charge in [0, 0.05) is 16.7 Å². The first-order valence-corrected chi connectivity index (χ1v) is 11.7. The highest BCUT2D eigenvalue weighted by atomic mass is 35.5. The lowest BCUT2D eigenvalue weighted by atomic mass is 9.77. The molecule has 0 bridgehead atoms. The van der Waals surface area contributed by atoms with E-state index < -0.39 is 45.3 Å². The van der Waals surface area contributed by atoms with E-state index in [4.69, 9.17) is 23.2 Å². The predicted octanol–water partition coefficient (Wildman–Crippen LogP) is 4.27. The number of aliphatic hydroxyl groups is 2. The van der Waals surface area contributed by atoms with Crippen molar-refractivity contribution in [1.82, 2.24) is 10.6 Å². The Balaban J connectivity index is 1.88. The number of aromatic carboxylic acids is 1. The molecule has 1 aliphatic carbocycles. The van der Waals surface area contributed by atoms with Crippen LogP contribution in [0.4, 0.5) is 0 Å². The fourth-order valence-electron chi connectivity index (χ4n) is 4.06. The van der Waals surface area contributed by atoms with Crippen LogP contribution in [-0.2, 0) is 5.54 Å². The number of amides is 2. The summed E-state index contributed by atoms with van der Waals surface area (Å²) in [6, 6.07) is 21.5. The third-order valence-electron chi connectivity index (χ3n) is 5.88. The largest absolute Gasteiger partial charge is 0.504 e. The Kier molecular flexibility index (Phi) is 7.35. The van der Waals surface area contributed by atoms with E-state index in [2.05, 4.69) is 10.6 Å². The van der Waals surface area contributed by atoms with Crippen molar-refractivity contribution >= 4 is 41.0 Å². The Morgan fingerprint density at radius 2 is 1.30 bits per heavy atom. The number of carbonyl (C=O) groups is 3. The quantitative estimate of drug-likeness (QED) is 0.318. The number of hydrogen-bond donors (Lipinski definition) is 5. The van der Waals surface area contributed by atoms with Gasteiger partial charge in [-0.05, 0) is 30.3 Å². The number of carbonyl (C=O) groups excluding carboxylic acids is 2. The number of benzene rings is 3. The smallest absolute Gasteiger partial charge is 0.336 e. The lowest BCUT2D eigenvalue weighted by Gasteiger charge is -2.42. The van der Waals surface area contributed by atoms with Crippen LogP contribution in [0.1, 0.15) is 36.6 Å². The maximum absolute atomic E-state index is 13.3. The number of nitrogens with one attached hydrogen (secondary N) is 2. The van der Waals surface area contributed by atoms with Crippen molar-refractivity contribution in [3.63, 3.8) is 0 Å². The molecule has 188 valence electrons. The molecule has 3 aromatic rings. The zero-order chi connectivity index (χ0) is 26.7. The first-order chi connectivity index (χ1) is 17.7. The monoisotopic (exact) mass is 538 g/mol. The molecule has 0 aliphatic heterocycles. The van der Waals surface area contributed by atoms with Crippen LogP contribution in [0.25, 0.3) is 0 Å². The van der Waals surface area contributed by atoms with Gasteiger partial charge in [0.25, 0.3) is 11.8 Å². The minimum Gasteiger partial charge on any atom is -0.504 e.